The Kier molecular flexibility index (Phi) is 5.06. The van der Waals surface area contributed by atoms with Gasteiger partial charge in [-0.05, 0) is 30.3 Å². The Morgan fingerprint density at radius 1 is 1.20 bits per heavy atom. The lowest BCUT2D eigenvalue weighted by Gasteiger charge is -2.09. The molecule has 3 N–H and O–H groups in total. The molecule has 0 aliphatic heterocycles. The third-order valence-corrected chi connectivity index (χ3v) is 3.63. The summed E-state index contributed by atoms with van der Waals surface area (Å²) in [6.07, 6.45) is 5.46. The molecular formula is C18H19N5O2. The van der Waals surface area contributed by atoms with E-state index in [9.17, 15) is 4.79 Å². The van der Waals surface area contributed by atoms with Gasteiger partial charge in [0, 0.05) is 54.7 Å². The van der Waals surface area contributed by atoms with Gasteiger partial charge in [-0.3, -0.25) is 14.5 Å². The summed E-state index contributed by atoms with van der Waals surface area (Å²) >= 11 is 0. The van der Waals surface area contributed by atoms with Gasteiger partial charge in [0.05, 0.1) is 5.69 Å². The molecule has 0 atom stereocenters. The average Bonchev–Trinajstić information content (AvgIpc) is 3.01. The number of rotatable bonds is 6. The van der Waals surface area contributed by atoms with E-state index in [0.29, 0.717) is 12.2 Å². The van der Waals surface area contributed by atoms with Crippen LogP contribution >= 0.6 is 0 Å². The number of amides is 1. The topological polar surface area (TPSA) is 92.1 Å². The molecule has 0 saturated carbocycles. The van der Waals surface area contributed by atoms with Crippen LogP contribution in [0, 0.1) is 0 Å². The molecule has 0 unspecified atom stereocenters. The van der Waals surface area contributed by atoms with Crippen LogP contribution in [-0.2, 0) is 18.4 Å². The van der Waals surface area contributed by atoms with Gasteiger partial charge in [0.2, 0.25) is 5.91 Å². The Morgan fingerprint density at radius 3 is 2.72 bits per heavy atom. The Balaban J connectivity index is 1.74. The third-order valence-electron chi connectivity index (χ3n) is 3.63. The number of carbonyl (C=O) groups is 1. The zero-order valence-corrected chi connectivity index (χ0v) is 13.8. The summed E-state index contributed by atoms with van der Waals surface area (Å²) < 4.78 is 1.78. The van der Waals surface area contributed by atoms with Crippen LogP contribution in [0.2, 0.25) is 0 Å². The molecule has 0 aliphatic carbocycles. The molecule has 0 spiro atoms. The molecule has 128 valence electrons. The number of hydrogen-bond donors (Lipinski definition) is 3. The molecule has 3 aromatic rings. The smallest absolute Gasteiger partial charge is 0.250 e. The summed E-state index contributed by atoms with van der Waals surface area (Å²) in [5, 5.41) is 19.3. The van der Waals surface area contributed by atoms with Crippen molar-refractivity contribution in [3.8, 4) is 11.3 Å². The maximum atomic E-state index is 11.3. The number of aliphatic hydroxyl groups is 1. The minimum atomic E-state index is -0.539. The molecule has 25 heavy (non-hydrogen) atoms. The van der Waals surface area contributed by atoms with Crippen LogP contribution in [0.3, 0.4) is 0 Å². The van der Waals surface area contributed by atoms with E-state index in [4.69, 9.17) is 5.11 Å². The fourth-order valence-corrected chi connectivity index (χ4v) is 2.52. The third kappa shape index (κ3) is 4.21. The predicted octanol–water partition coefficient (Wildman–Crippen LogP) is 2.02. The second-order valence-electron chi connectivity index (χ2n) is 5.55. The molecule has 1 amide bonds. The lowest BCUT2D eigenvalue weighted by Crippen LogP contribution is -2.15. The normalized spacial score (nSPS) is 10.5. The van der Waals surface area contributed by atoms with E-state index in [1.807, 2.05) is 43.6 Å². The number of benzene rings is 1. The Labute approximate surface area is 145 Å². The van der Waals surface area contributed by atoms with Crippen molar-refractivity contribution < 1.29 is 9.90 Å². The minimum Gasteiger partial charge on any atom is -0.387 e. The van der Waals surface area contributed by atoms with Crippen LogP contribution in [-0.4, -0.2) is 32.4 Å². The highest BCUT2D eigenvalue weighted by Gasteiger charge is 2.10. The van der Waals surface area contributed by atoms with E-state index >= 15 is 0 Å². The van der Waals surface area contributed by atoms with E-state index in [-0.39, 0.29) is 0 Å². The van der Waals surface area contributed by atoms with Crippen LogP contribution < -0.4 is 10.6 Å². The van der Waals surface area contributed by atoms with Crippen LogP contribution in [0.4, 0.5) is 11.4 Å². The molecule has 7 nitrogen and oxygen atoms in total. The number of nitrogens with zero attached hydrogens (tertiary/aromatic N) is 3. The van der Waals surface area contributed by atoms with E-state index in [1.165, 1.54) is 0 Å². The Morgan fingerprint density at radius 2 is 1.96 bits per heavy atom. The molecule has 0 aliphatic rings. The van der Waals surface area contributed by atoms with E-state index in [1.54, 1.807) is 23.1 Å². The van der Waals surface area contributed by atoms with E-state index < -0.39 is 12.5 Å². The van der Waals surface area contributed by atoms with Gasteiger partial charge < -0.3 is 15.7 Å². The Bertz CT molecular complexity index is 861. The highest BCUT2D eigenvalue weighted by Crippen LogP contribution is 2.23. The largest absolute Gasteiger partial charge is 0.387 e. The predicted molar refractivity (Wildman–Crippen MR) is 95.9 cm³/mol. The first kappa shape index (κ1) is 16.7. The Hall–Kier alpha value is -3.19. The van der Waals surface area contributed by atoms with Gasteiger partial charge in [0.25, 0.3) is 0 Å². The van der Waals surface area contributed by atoms with Crippen molar-refractivity contribution in [3.63, 3.8) is 0 Å². The van der Waals surface area contributed by atoms with Gasteiger partial charge in [-0.1, -0.05) is 6.07 Å². The van der Waals surface area contributed by atoms with Crippen LogP contribution in [0.25, 0.3) is 11.3 Å². The maximum Gasteiger partial charge on any atom is 0.250 e. The van der Waals surface area contributed by atoms with Crippen molar-refractivity contribution in [3.05, 3.63) is 60.6 Å². The average molecular weight is 337 g/mol. The van der Waals surface area contributed by atoms with Crippen LogP contribution in [0.1, 0.15) is 5.56 Å². The first-order valence-electron chi connectivity index (χ1n) is 7.83. The summed E-state index contributed by atoms with van der Waals surface area (Å²) in [4.78, 5) is 15.3. The molecule has 7 heteroatoms. The van der Waals surface area contributed by atoms with Gasteiger partial charge >= 0.3 is 0 Å². The van der Waals surface area contributed by atoms with Crippen molar-refractivity contribution in [1.82, 2.24) is 14.8 Å². The summed E-state index contributed by atoms with van der Waals surface area (Å²) in [6, 6.07) is 11.2. The lowest BCUT2D eigenvalue weighted by atomic mass is 10.1. The number of anilines is 2. The fraction of sp³-hybridized carbons (Fsp3) is 0.167. The SMILES string of the molecule is Cn1cc(CNc2cccc(NC(=O)CO)c2)c(-c2ccncc2)n1. The highest BCUT2D eigenvalue weighted by molar-refractivity contribution is 5.91. The van der Waals surface area contributed by atoms with E-state index in [2.05, 4.69) is 20.7 Å². The maximum absolute atomic E-state index is 11.3. The zero-order valence-electron chi connectivity index (χ0n) is 13.8. The molecule has 0 radical (unpaired) electrons. The van der Waals surface area contributed by atoms with Crippen molar-refractivity contribution in [2.45, 2.75) is 6.54 Å². The van der Waals surface area contributed by atoms with Gasteiger partial charge in [-0.25, -0.2) is 0 Å². The summed E-state index contributed by atoms with van der Waals surface area (Å²) in [7, 11) is 1.89. The molecule has 1 aromatic carbocycles. The van der Waals surface area contributed by atoms with Gasteiger partial charge in [0.15, 0.2) is 0 Å². The van der Waals surface area contributed by atoms with Crippen molar-refractivity contribution in [2.75, 3.05) is 17.2 Å². The second-order valence-corrected chi connectivity index (χ2v) is 5.55. The quantitative estimate of drug-likeness (QED) is 0.640. The molecule has 0 bridgehead atoms. The number of carbonyl (C=O) groups excluding carboxylic acids is 1. The van der Waals surface area contributed by atoms with Crippen LogP contribution in [0.15, 0.2) is 55.0 Å². The van der Waals surface area contributed by atoms with Gasteiger partial charge in [-0.15, -0.1) is 0 Å². The summed E-state index contributed by atoms with van der Waals surface area (Å²) in [5.74, 6) is -0.440. The fourth-order valence-electron chi connectivity index (χ4n) is 2.52. The molecule has 0 saturated heterocycles. The summed E-state index contributed by atoms with van der Waals surface area (Å²) in [6.45, 7) is 0.0472. The molecule has 0 fully saturated rings. The second kappa shape index (κ2) is 7.59. The number of aromatic nitrogens is 3. The first-order valence-corrected chi connectivity index (χ1v) is 7.83. The summed E-state index contributed by atoms with van der Waals surface area (Å²) in [5.41, 5.74) is 4.46. The van der Waals surface area contributed by atoms with E-state index in [0.717, 1.165) is 22.5 Å². The van der Waals surface area contributed by atoms with Gasteiger partial charge in [0.1, 0.15) is 6.61 Å². The molecule has 3 rings (SSSR count). The highest BCUT2D eigenvalue weighted by atomic mass is 16.3. The molecular weight excluding hydrogens is 318 g/mol. The minimum absolute atomic E-state index is 0.440. The van der Waals surface area contributed by atoms with Crippen molar-refractivity contribution in [1.29, 1.82) is 0 Å². The number of aliphatic hydroxyl groups excluding tert-OH is 1. The standard InChI is InChI=1S/C18H19N5O2/c1-23-11-14(18(22-23)13-5-7-19-8-6-13)10-20-15-3-2-4-16(9-15)21-17(25)12-24/h2-9,11,20,24H,10,12H2,1H3,(H,21,25). The van der Waals surface area contributed by atoms with Crippen LogP contribution in [0.5, 0.6) is 0 Å². The van der Waals surface area contributed by atoms with Crippen molar-refractivity contribution in [2.24, 2.45) is 7.05 Å². The molecule has 2 aromatic heterocycles. The number of aryl methyl sites for hydroxylation is 1. The number of nitrogens with one attached hydrogen (secondary N) is 2. The van der Waals surface area contributed by atoms with Gasteiger partial charge in [-0.2, -0.15) is 5.10 Å². The number of hydrogen-bond acceptors (Lipinski definition) is 5. The molecule has 2 heterocycles. The van der Waals surface area contributed by atoms with Crippen molar-refractivity contribution >= 4 is 17.3 Å². The lowest BCUT2D eigenvalue weighted by molar-refractivity contribution is -0.118. The first-order chi connectivity index (χ1) is 12.2. The zero-order chi connectivity index (χ0) is 17.6. The monoisotopic (exact) mass is 337 g/mol. The number of pyridine rings is 1.